The molecule has 0 aromatic carbocycles. The molecule has 0 aromatic heterocycles. The summed E-state index contributed by atoms with van der Waals surface area (Å²) in [5, 5.41) is 11.2. The molecule has 0 spiro atoms. The van der Waals surface area contributed by atoms with Crippen LogP contribution in [0.25, 0.3) is 0 Å². The molecule has 5 nitrogen and oxygen atoms in total. The van der Waals surface area contributed by atoms with E-state index in [0.29, 0.717) is 6.67 Å². The van der Waals surface area contributed by atoms with Crippen LogP contribution in [0.5, 0.6) is 0 Å². The van der Waals surface area contributed by atoms with Gasteiger partial charge in [-0.25, -0.2) is 4.31 Å². The molecule has 1 atom stereocenters. The van der Waals surface area contributed by atoms with Gasteiger partial charge >= 0.3 is 5.97 Å². The van der Waals surface area contributed by atoms with E-state index in [2.05, 4.69) is 5.32 Å². The molecule has 0 radical (unpaired) electrons. The van der Waals surface area contributed by atoms with Gasteiger partial charge in [-0.05, 0) is 11.9 Å². The van der Waals surface area contributed by atoms with E-state index in [1.54, 1.807) is 4.31 Å². The molecular weight excluding hydrogens is 154 g/mol. The van der Waals surface area contributed by atoms with E-state index >= 15 is 0 Å². The highest BCUT2D eigenvalue weighted by Gasteiger charge is 2.20. The number of carboxylic acid groups (broad SMARTS) is 1. The summed E-state index contributed by atoms with van der Waals surface area (Å²) in [6.45, 7) is 0.573. The first-order chi connectivity index (χ1) is 4.68. The summed E-state index contributed by atoms with van der Waals surface area (Å²) in [7, 11) is 0. The molecule has 0 bridgehead atoms. The molecule has 0 aromatic rings. The fraction of sp³-hybridized carbons (Fsp3) is 0.750. The third-order valence-corrected chi connectivity index (χ3v) is 1.99. The quantitative estimate of drug-likeness (QED) is 0.445. The summed E-state index contributed by atoms with van der Waals surface area (Å²) in [5.74, 6) is -0.830. The van der Waals surface area contributed by atoms with E-state index < -0.39 is 5.97 Å². The van der Waals surface area contributed by atoms with E-state index in [1.165, 1.54) is 11.9 Å². The Morgan fingerprint density at radius 2 is 2.70 bits per heavy atom. The van der Waals surface area contributed by atoms with Crippen LogP contribution in [0.3, 0.4) is 0 Å². The molecular formula is C4H9N3O2S. The lowest BCUT2D eigenvalue weighted by Gasteiger charge is -2.07. The van der Waals surface area contributed by atoms with Crippen LogP contribution >= 0.6 is 11.9 Å². The van der Waals surface area contributed by atoms with Gasteiger partial charge in [0.25, 0.3) is 0 Å². The third-order valence-electron chi connectivity index (χ3n) is 1.04. The summed E-state index contributed by atoms with van der Waals surface area (Å²) in [5.41, 5.74) is 5.26. The Morgan fingerprint density at radius 1 is 2.00 bits per heavy atom. The van der Waals surface area contributed by atoms with Gasteiger partial charge in [0, 0.05) is 0 Å². The molecule has 10 heavy (non-hydrogen) atoms. The van der Waals surface area contributed by atoms with Gasteiger partial charge in [-0.15, -0.1) is 0 Å². The van der Waals surface area contributed by atoms with Crippen molar-refractivity contribution in [2.24, 2.45) is 5.73 Å². The summed E-state index contributed by atoms with van der Waals surface area (Å²) < 4.78 is 1.66. The lowest BCUT2D eigenvalue weighted by Crippen LogP contribution is -2.29. The number of rotatable bonds is 2. The fourth-order valence-electron chi connectivity index (χ4n) is 0.671. The number of aliphatic carboxylic acids is 1. The monoisotopic (exact) mass is 163 g/mol. The fourth-order valence-corrected chi connectivity index (χ4v) is 1.48. The minimum atomic E-state index is -0.830. The predicted molar refractivity (Wildman–Crippen MR) is 37.9 cm³/mol. The number of carbonyl (C=O) groups is 1. The molecule has 58 valence electrons. The van der Waals surface area contributed by atoms with Crippen molar-refractivity contribution in [2.45, 2.75) is 5.50 Å². The Balaban J connectivity index is 2.24. The standard InChI is InChI=1S/C4H9N3O2S/c5-4-6-2-7(10-4)1-3(8)9/h4,6H,1-2,5H2,(H,8,9). The lowest BCUT2D eigenvalue weighted by molar-refractivity contribution is -0.137. The molecule has 1 unspecified atom stereocenters. The second-order valence-electron chi connectivity index (χ2n) is 1.92. The van der Waals surface area contributed by atoms with Crippen LogP contribution in [0, 0.1) is 0 Å². The van der Waals surface area contributed by atoms with Gasteiger partial charge in [-0.2, -0.15) is 0 Å². The number of nitrogens with two attached hydrogens (primary N) is 1. The Labute approximate surface area is 62.7 Å². The van der Waals surface area contributed by atoms with E-state index in [1.807, 2.05) is 0 Å². The Hall–Kier alpha value is -0.300. The van der Waals surface area contributed by atoms with Gasteiger partial charge in [0.05, 0.1) is 6.67 Å². The van der Waals surface area contributed by atoms with Crippen molar-refractivity contribution in [3.63, 3.8) is 0 Å². The van der Waals surface area contributed by atoms with Gasteiger partial charge in [-0.3, -0.25) is 10.1 Å². The number of hydrogen-bond donors (Lipinski definition) is 3. The largest absolute Gasteiger partial charge is 0.480 e. The smallest absolute Gasteiger partial charge is 0.318 e. The zero-order valence-electron chi connectivity index (χ0n) is 5.28. The normalized spacial score (nSPS) is 27.1. The van der Waals surface area contributed by atoms with E-state index in [-0.39, 0.29) is 12.0 Å². The van der Waals surface area contributed by atoms with Crippen molar-refractivity contribution in [3.8, 4) is 0 Å². The molecule has 1 heterocycles. The second kappa shape index (κ2) is 3.20. The molecule has 1 aliphatic heterocycles. The predicted octanol–water partition coefficient (Wildman–Crippen LogP) is -1.18. The topological polar surface area (TPSA) is 78.6 Å². The highest BCUT2D eigenvalue weighted by atomic mass is 32.2. The Bertz CT molecular complexity index is 142. The van der Waals surface area contributed by atoms with E-state index in [4.69, 9.17) is 10.8 Å². The average Bonchev–Trinajstić information content (AvgIpc) is 2.13. The molecule has 1 aliphatic rings. The number of carboxylic acids is 1. The molecule has 0 aliphatic carbocycles. The van der Waals surface area contributed by atoms with E-state index in [9.17, 15) is 4.79 Å². The van der Waals surface area contributed by atoms with Crippen molar-refractivity contribution in [3.05, 3.63) is 0 Å². The zero-order valence-corrected chi connectivity index (χ0v) is 6.10. The van der Waals surface area contributed by atoms with Crippen molar-refractivity contribution in [1.29, 1.82) is 0 Å². The van der Waals surface area contributed by atoms with Crippen molar-refractivity contribution in [1.82, 2.24) is 9.62 Å². The number of nitrogens with one attached hydrogen (secondary N) is 1. The number of hydrogen-bond acceptors (Lipinski definition) is 5. The van der Waals surface area contributed by atoms with E-state index in [0.717, 1.165) is 0 Å². The highest BCUT2D eigenvalue weighted by Crippen LogP contribution is 2.15. The van der Waals surface area contributed by atoms with Crippen LogP contribution in [0.1, 0.15) is 0 Å². The lowest BCUT2D eigenvalue weighted by atomic mass is 10.6. The molecule has 1 fully saturated rings. The van der Waals surface area contributed by atoms with Crippen molar-refractivity contribution >= 4 is 17.9 Å². The first-order valence-corrected chi connectivity index (χ1v) is 3.64. The van der Waals surface area contributed by atoms with Crippen LogP contribution in [0.4, 0.5) is 0 Å². The summed E-state index contributed by atoms with van der Waals surface area (Å²) in [6, 6.07) is 0. The minimum Gasteiger partial charge on any atom is -0.480 e. The van der Waals surface area contributed by atoms with Crippen molar-refractivity contribution < 1.29 is 9.90 Å². The number of nitrogens with zero attached hydrogens (tertiary/aromatic N) is 1. The molecule has 0 saturated carbocycles. The maximum absolute atomic E-state index is 10.1. The van der Waals surface area contributed by atoms with Crippen LogP contribution in [0.2, 0.25) is 0 Å². The Morgan fingerprint density at radius 3 is 3.10 bits per heavy atom. The molecule has 4 N–H and O–H groups in total. The Kier molecular flexibility index (Phi) is 2.50. The summed E-state index contributed by atoms with van der Waals surface area (Å²) >= 11 is 1.31. The molecule has 1 saturated heterocycles. The van der Waals surface area contributed by atoms with Gasteiger partial charge in [0.1, 0.15) is 12.0 Å². The van der Waals surface area contributed by atoms with Crippen molar-refractivity contribution in [2.75, 3.05) is 13.2 Å². The minimum absolute atomic E-state index is 0.0331. The second-order valence-corrected chi connectivity index (χ2v) is 3.16. The van der Waals surface area contributed by atoms with Gasteiger partial charge < -0.3 is 10.8 Å². The first-order valence-electron chi connectivity index (χ1n) is 2.81. The van der Waals surface area contributed by atoms with Gasteiger partial charge in [-0.1, -0.05) is 0 Å². The van der Waals surface area contributed by atoms with Crippen LogP contribution in [-0.4, -0.2) is 34.1 Å². The average molecular weight is 163 g/mol. The van der Waals surface area contributed by atoms with Crippen LogP contribution in [-0.2, 0) is 4.79 Å². The SMILES string of the molecule is NC1NCN(CC(=O)O)S1. The van der Waals surface area contributed by atoms with Crippen LogP contribution < -0.4 is 11.1 Å². The van der Waals surface area contributed by atoms with Gasteiger partial charge in [0.2, 0.25) is 0 Å². The van der Waals surface area contributed by atoms with Crippen LogP contribution in [0.15, 0.2) is 0 Å². The molecule has 0 amide bonds. The maximum Gasteiger partial charge on any atom is 0.318 e. The van der Waals surface area contributed by atoms with Gasteiger partial charge in [0.15, 0.2) is 0 Å². The zero-order chi connectivity index (χ0) is 7.56. The first kappa shape index (κ1) is 7.80. The molecule has 6 heteroatoms. The molecule has 1 rings (SSSR count). The summed E-state index contributed by atoms with van der Waals surface area (Å²) in [6.07, 6.45) is 0. The summed E-state index contributed by atoms with van der Waals surface area (Å²) in [4.78, 5) is 10.1. The highest BCUT2D eigenvalue weighted by molar-refractivity contribution is 7.97. The third kappa shape index (κ3) is 2.14. The maximum atomic E-state index is 10.1.